The van der Waals surface area contributed by atoms with Gasteiger partial charge in [0.2, 0.25) is 5.91 Å². The van der Waals surface area contributed by atoms with Crippen molar-refractivity contribution < 1.29 is 23.5 Å². The molecule has 0 saturated carbocycles. The molecule has 0 aliphatic carbocycles. The highest BCUT2D eigenvalue weighted by Gasteiger charge is 2.56. The van der Waals surface area contributed by atoms with Gasteiger partial charge in [-0.3, -0.25) is 9.59 Å². The predicted molar refractivity (Wildman–Crippen MR) is 133 cm³/mol. The fraction of sp³-hybridized carbons (Fsp3) is 0.692. The molecule has 33 heavy (non-hydrogen) atoms. The van der Waals surface area contributed by atoms with Gasteiger partial charge in [-0.2, -0.15) is 0 Å². The molecule has 0 N–H and O–H groups in total. The summed E-state index contributed by atoms with van der Waals surface area (Å²) >= 11 is 0. The van der Waals surface area contributed by atoms with Crippen LogP contribution in [-0.2, 0) is 30.1 Å². The Hall–Kier alpha value is -1.70. The minimum absolute atomic E-state index is 0.0266. The Bertz CT molecular complexity index is 812. The van der Waals surface area contributed by atoms with E-state index in [-0.39, 0.29) is 42.4 Å². The van der Waals surface area contributed by atoms with E-state index in [4.69, 9.17) is 13.9 Å². The third-order valence-corrected chi connectivity index (χ3v) is 11.4. The number of carbonyl (C=O) groups excluding carboxylic acids is 2. The van der Waals surface area contributed by atoms with Gasteiger partial charge in [0, 0.05) is 0 Å². The molecule has 1 aromatic rings. The van der Waals surface area contributed by atoms with Crippen LogP contribution in [0.15, 0.2) is 30.3 Å². The third kappa shape index (κ3) is 6.90. The van der Waals surface area contributed by atoms with Gasteiger partial charge in [0.1, 0.15) is 13.3 Å². The van der Waals surface area contributed by atoms with Gasteiger partial charge in [0.25, 0.3) is 0 Å². The molecule has 1 heterocycles. The van der Waals surface area contributed by atoms with Crippen molar-refractivity contribution in [3.8, 4) is 0 Å². The van der Waals surface area contributed by atoms with Gasteiger partial charge >= 0.3 is 5.97 Å². The molecule has 6 nitrogen and oxygen atoms in total. The van der Waals surface area contributed by atoms with E-state index < -0.39 is 25.8 Å². The van der Waals surface area contributed by atoms with Crippen LogP contribution >= 0.6 is 0 Å². The van der Waals surface area contributed by atoms with Crippen molar-refractivity contribution in [3.63, 3.8) is 0 Å². The summed E-state index contributed by atoms with van der Waals surface area (Å²) in [4.78, 5) is 27.8. The van der Waals surface area contributed by atoms with Crippen molar-refractivity contribution in [3.05, 3.63) is 35.9 Å². The summed E-state index contributed by atoms with van der Waals surface area (Å²) < 4.78 is 18.1. The van der Waals surface area contributed by atoms with E-state index in [1.54, 1.807) is 4.90 Å². The molecule has 1 saturated heterocycles. The van der Waals surface area contributed by atoms with Crippen LogP contribution in [0.4, 0.5) is 0 Å². The second-order valence-electron chi connectivity index (χ2n) is 11.7. The Balaban J connectivity index is 2.18. The molecule has 0 spiro atoms. The SMILES string of the molecule is C[C@H](C(=O)OCc1ccccc1)[C@@H]1[C@@H]([C@@H](C)O[Si](C)(C)C(C)(C)C)C(=O)N1COC(C)(C)C. The molecule has 1 aliphatic heterocycles. The fourth-order valence-electron chi connectivity index (χ4n) is 3.78. The molecule has 1 aliphatic rings. The summed E-state index contributed by atoms with van der Waals surface area (Å²) in [6, 6.07) is 9.27. The van der Waals surface area contributed by atoms with Gasteiger partial charge in [0.05, 0.1) is 29.6 Å². The number of carbonyl (C=O) groups is 2. The van der Waals surface area contributed by atoms with E-state index in [1.165, 1.54) is 0 Å². The zero-order chi connectivity index (χ0) is 25.2. The molecule has 0 unspecified atom stereocenters. The number of hydrogen-bond donors (Lipinski definition) is 0. The number of ether oxygens (including phenoxy) is 2. The van der Waals surface area contributed by atoms with Gasteiger partial charge in [0.15, 0.2) is 8.32 Å². The van der Waals surface area contributed by atoms with Crippen LogP contribution in [0.1, 0.15) is 61.0 Å². The molecule has 7 heteroatoms. The Morgan fingerprint density at radius 1 is 1.06 bits per heavy atom. The molecular weight excluding hydrogens is 434 g/mol. The maximum absolute atomic E-state index is 13.2. The Labute approximate surface area is 201 Å². The lowest BCUT2D eigenvalue weighted by Crippen LogP contribution is -2.69. The Kier molecular flexibility index (Phi) is 8.58. The summed E-state index contributed by atoms with van der Waals surface area (Å²) in [5, 5.41) is 0.0266. The van der Waals surface area contributed by atoms with Crippen LogP contribution in [0.2, 0.25) is 18.1 Å². The lowest BCUT2D eigenvalue weighted by molar-refractivity contribution is -0.191. The molecule has 4 atom stereocenters. The summed E-state index contributed by atoms with van der Waals surface area (Å²) in [5.74, 6) is -1.24. The van der Waals surface area contributed by atoms with Crippen LogP contribution in [0, 0.1) is 11.8 Å². The highest BCUT2D eigenvalue weighted by molar-refractivity contribution is 6.74. The number of rotatable bonds is 9. The van der Waals surface area contributed by atoms with Gasteiger partial charge in [-0.15, -0.1) is 0 Å². The van der Waals surface area contributed by atoms with E-state index in [0.29, 0.717) is 0 Å². The van der Waals surface area contributed by atoms with Crippen LogP contribution in [0.5, 0.6) is 0 Å². The van der Waals surface area contributed by atoms with Crippen LogP contribution in [-0.4, -0.2) is 49.6 Å². The molecule has 1 amide bonds. The number of nitrogens with zero attached hydrogens (tertiary/aromatic N) is 1. The molecular formula is C26H43NO5Si. The molecule has 1 aromatic carbocycles. The zero-order valence-corrected chi connectivity index (χ0v) is 23.1. The zero-order valence-electron chi connectivity index (χ0n) is 22.1. The fourth-order valence-corrected chi connectivity index (χ4v) is 5.21. The van der Waals surface area contributed by atoms with Gasteiger partial charge in [-0.1, -0.05) is 51.1 Å². The molecule has 1 fully saturated rings. The van der Waals surface area contributed by atoms with Crippen LogP contribution < -0.4 is 0 Å². The topological polar surface area (TPSA) is 65.1 Å². The first-order valence-electron chi connectivity index (χ1n) is 11.9. The van der Waals surface area contributed by atoms with Gasteiger partial charge in [-0.25, -0.2) is 0 Å². The van der Waals surface area contributed by atoms with E-state index in [2.05, 4.69) is 33.9 Å². The summed E-state index contributed by atoms with van der Waals surface area (Å²) in [5.41, 5.74) is 0.540. The van der Waals surface area contributed by atoms with Gasteiger partial charge < -0.3 is 18.8 Å². The van der Waals surface area contributed by atoms with Crippen molar-refractivity contribution in [1.29, 1.82) is 0 Å². The number of amides is 1. The molecule has 0 radical (unpaired) electrons. The number of hydrogen-bond acceptors (Lipinski definition) is 5. The lowest BCUT2D eigenvalue weighted by Gasteiger charge is -2.53. The lowest BCUT2D eigenvalue weighted by atomic mass is 9.77. The number of β-lactam (4-membered cyclic amide) rings is 1. The maximum Gasteiger partial charge on any atom is 0.311 e. The molecule has 2 rings (SSSR count). The van der Waals surface area contributed by atoms with E-state index in [1.807, 2.05) is 65.0 Å². The number of benzene rings is 1. The maximum atomic E-state index is 13.2. The van der Waals surface area contributed by atoms with E-state index in [0.717, 1.165) is 5.56 Å². The Morgan fingerprint density at radius 3 is 2.15 bits per heavy atom. The molecule has 0 aromatic heterocycles. The van der Waals surface area contributed by atoms with Crippen molar-refractivity contribution in [2.75, 3.05) is 6.73 Å². The summed E-state index contributed by atoms with van der Waals surface area (Å²) in [7, 11) is -2.08. The summed E-state index contributed by atoms with van der Waals surface area (Å²) in [6.07, 6.45) is -0.293. The van der Waals surface area contributed by atoms with E-state index in [9.17, 15) is 9.59 Å². The smallest absolute Gasteiger partial charge is 0.311 e. The average molecular weight is 478 g/mol. The monoisotopic (exact) mass is 477 g/mol. The average Bonchev–Trinajstić information content (AvgIpc) is 2.68. The number of likely N-dealkylation sites (tertiary alicyclic amines) is 1. The second kappa shape index (κ2) is 10.3. The Morgan fingerprint density at radius 2 is 1.64 bits per heavy atom. The second-order valence-corrected chi connectivity index (χ2v) is 16.4. The number of esters is 1. The normalized spacial score (nSPS) is 21.4. The molecule has 186 valence electrons. The van der Waals surface area contributed by atoms with Crippen molar-refractivity contribution in [2.45, 2.75) is 97.9 Å². The first kappa shape index (κ1) is 27.5. The van der Waals surface area contributed by atoms with Crippen molar-refractivity contribution in [2.24, 2.45) is 11.8 Å². The van der Waals surface area contributed by atoms with Crippen molar-refractivity contribution >= 4 is 20.2 Å². The standard InChI is InChI=1S/C26H43NO5Si/c1-18(24(29)30-16-20-14-12-11-13-15-20)22-21(19(2)32-33(9,10)26(6,7)8)23(28)27(22)17-31-25(3,4)5/h11-15,18-19,21-22H,16-17H2,1-10H3/t18-,19+,21+,22+/m0/s1. The third-order valence-electron chi connectivity index (χ3n) is 6.83. The highest BCUT2D eigenvalue weighted by atomic mass is 28.4. The van der Waals surface area contributed by atoms with Gasteiger partial charge in [-0.05, 0) is 58.3 Å². The first-order valence-corrected chi connectivity index (χ1v) is 14.8. The molecule has 0 bridgehead atoms. The highest BCUT2D eigenvalue weighted by Crippen LogP contribution is 2.42. The van der Waals surface area contributed by atoms with Crippen molar-refractivity contribution in [1.82, 2.24) is 4.90 Å². The van der Waals surface area contributed by atoms with E-state index >= 15 is 0 Å². The minimum Gasteiger partial charge on any atom is -0.461 e. The first-order chi connectivity index (χ1) is 15.0. The quantitative estimate of drug-likeness (QED) is 0.272. The largest absolute Gasteiger partial charge is 0.461 e. The van der Waals surface area contributed by atoms with Crippen LogP contribution in [0.25, 0.3) is 0 Å². The minimum atomic E-state index is -2.08. The summed E-state index contributed by atoms with van der Waals surface area (Å²) in [6.45, 7) is 20.9. The van der Waals surface area contributed by atoms with Crippen LogP contribution in [0.3, 0.4) is 0 Å². The predicted octanol–water partition coefficient (Wildman–Crippen LogP) is 5.38.